The van der Waals surface area contributed by atoms with Crippen molar-refractivity contribution in [1.82, 2.24) is 15.2 Å². The molecule has 2 fully saturated rings. The molecular formula is C35H44F3N7O3. The van der Waals surface area contributed by atoms with Crippen molar-refractivity contribution in [2.24, 2.45) is 17.4 Å². The number of alkyl halides is 3. The van der Waals surface area contributed by atoms with Crippen LogP contribution < -0.4 is 31.3 Å². The number of nitrogens with two attached hydrogens (primary N) is 2. The Morgan fingerprint density at radius 2 is 1.81 bits per heavy atom. The average Bonchev–Trinajstić information content (AvgIpc) is 3.59. The van der Waals surface area contributed by atoms with E-state index >= 15 is 0 Å². The minimum Gasteiger partial charge on any atom is -0.478 e. The summed E-state index contributed by atoms with van der Waals surface area (Å²) in [6.45, 7) is 7.47. The van der Waals surface area contributed by atoms with E-state index in [-0.39, 0.29) is 41.6 Å². The molecule has 5 N–H and O–H groups in total. The predicted octanol–water partition coefficient (Wildman–Crippen LogP) is 4.38. The second-order valence-corrected chi connectivity index (χ2v) is 12.1. The summed E-state index contributed by atoms with van der Waals surface area (Å²) in [5, 5.41) is 2.89. The lowest BCUT2D eigenvalue weighted by Gasteiger charge is -2.43. The molecule has 2 aliphatic heterocycles. The van der Waals surface area contributed by atoms with Crippen molar-refractivity contribution < 1.29 is 27.5 Å². The normalized spacial score (nSPS) is 18.3. The Morgan fingerprint density at radius 1 is 1.00 bits per heavy atom. The maximum absolute atomic E-state index is 14.1. The van der Waals surface area contributed by atoms with E-state index in [0.717, 1.165) is 29.7 Å². The molecule has 0 aliphatic carbocycles. The van der Waals surface area contributed by atoms with Gasteiger partial charge in [0.05, 0.1) is 29.0 Å². The average molecular weight is 668 g/mol. The topological polar surface area (TPSA) is 130 Å². The Morgan fingerprint density at radius 3 is 2.50 bits per heavy atom. The summed E-state index contributed by atoms with van der Waals surface area (Å²) in [7, 11) is 0. The summed E-state index contributed by atoms with van der Waals surface area (Å²) in [6.07, 6.45) is -1.46. The van der Waals surface area contributed by atoms with Crippen LogP contribution in [0.2, 0.25) is 0 Å². The monoisotopic (exact) mass is 667 g/mol. The van der Waals surface area contributed by atoms with Gasteiger partial charge in [0, 0.05) is 69.3 Å². The summed E-state index contributed by atoms with van der Waals surface area (Å²) in [5.74, 6) is 0.0319. The summed E-state index contributed by atoms with van der Waals surface area (Å²) in [4.78, 5) is 37.6. The van der Waals surface area contributed by atoms with Crippen LogP contribution in [-0.4, -0.2) is 86.7 Å². The van der Waals surface area contributed by atoms with Crippen LogP contribution in [0.3, 0.4) is 0 Å². The number of benzene rings is 2. The molecule has 0 saturated carbocycles. The van der Waals surface area contributed by atoms with E-state index in [1.165, 1.54) is 6.07 Å². The molecule has 3 heterocycles. The van der Waals surface area contributed by atoms with Gasteiger partial charge in [-0.25, -0.2) is 4.98 Å². The molecule has 0 bridgehead atoms. The number of aromatic nitrogens is 1. The SMILES string of the molecule is CCOc1ncccc1-c1ccc(N2CCN(C(=O)c3ccc(C(F)(F)F)cc3N3CC[C@H](CN)C3)C[C@H]2CC)c(C(=O)NCCN)c1. The molecule has 10 nitrogen and oxygen atoms in total. The zero-order valence-corrected chi connectivity index (χ0v) is 27.4. The van der Waals surface area contributed by atoms with Crippen LogP contribution in [0.1, 0.15) is 53.0 Å². The molecule has 2 atom stereocenters. The molecule has 2 aromatic carbocycles. The third-order valence-corrected chi connectivity index (χ3v) is 9.10. The first kappa shape index (κ1) is 35.0. The number of piperazine rings is 1. The molecule has 5 rings (SSSR count). The maximum atomic E-state index is 14.1. The van der Waals surface area contributed by atoms with Crippen LogP contribution in [0, 0.1) is 5.92 Å². The first-order valence-corrected chi connectivity index (χ1v) is 16.5. The van der Waals surface area contributed by atoms with Crippen LogP contribution in [0.5, 0.6) is 5.88 Å². The smallest absolute Gasteiger partial charge is 0.416 e. The fourth-order valence-electron chi connectivity index (χ4n) is 6.55. The third-order valence-electron chi connectivity index (χ3n) is 9.10. The van der Waals surface area contributed by atoms with Crippen molar-refractivity contribution >= 4 is 23.2 Å². The predicted molar refractivity (Wildman–Crippen MR) is 180 cm³/mol. The number of nitrogens with one attached hydrogen (secondary N) is 1. The zero-order chi connectivity index (χ0) is 34.4. The lowest BCUT2D eigenvalue weighted by Crippen LogP contribution is -2.55. The van der Waals surface area contributed by atoms with Crippen LogP contribution in [0.25, 0.3) is 11.1 Å². The number of nitrogens with zero attached hydrogens (tertiary/aromatic N) is 4. The quantitative estimate of drug-likeness (QED) is 0.275. The highest BCUT2D eigenvalue weighted by Crippen LogP contribution is 2.37. The van der Waals surface area contributed by atoms with Crippen LogP contribution in [0.4, 0.5) is 24.5 Å². The molecule has 13 heteroatoms. The Kier molecular flexibility index (Phi) is 11.1. The Hall–Kier alpha value is -4.36. The van der Waals surface area contributed by atoms with Crippen molar-refractivity contribution in [1.29, 1.82) is 0 Å². The molecule has 2 saturated heterocycles. The standard InChI is InChI=1S/C35H44F3N7O3/c1-3-26-22-44(34(47)28-9-8-25(35(36,37)38)19-31(28)43-15-11-23(20-40)21-43)16-17-45(26)30-10-7-24(18-29(30)32(46)41-14-12-39)27-6-5-13-42-33(27)48-4-2/h5-10,13,18-19,23,26H,3-4,11-12,14-17,20-22,39-40H2,1-2H3,(H,41,46)/t23-,26-/m1/s1. The first-order valence-electron chi connectivity index (χ1n) is 16.5. The number of hydrogen-bond acceptors (Lipinski definition) is 8. The number of pyridine rings is 1. The molecule has 3 aromatic rings. The lowest BCUT2D eigenvalue weighted by atomic mass is 9.98. The second kappa shape index (κ2) is 15.2. The second-order valence-electron chi connectivity index (χ2n) is 12.1. The molecule has 1 aromatic heterocycles. The molecular weight excluding hydrogens is 623 g/mol. The van der Waals surface area contributed by atoms with E-state index in [4.69, 9.17) is 16.2 Å². The molecule has 0 spiro atoms. The number of hydrogen-bond donors (Lipinski definition) is 3. The number of amides is 2. The van der Waals surface area contributed by atoms with Crippen molar-refractivity contribution in [3.8, 4) is 17.0 Å². The molecule has 2 aliphatic rings. The van der Waals surface area contributed by atoms with Gasteiger partial charge in [0.25, 0.3) is 11.8 Å². The third kappa shape index (κ3) is 7.52. The van der Waals surface area contributed by atoms with Gasteiger partial charge < -0.3 is 36.2 Å². The zero-order valence-electron chi connectivity index (χ0n) is 27.4. The van der Waals surface area contributed by atoms with Crippen molar-refractivity contribution in [3.05, 3.63) is 71.4 Å². The largest absolute Gasteiger partial charge is 0.478 e. The van der Waals surface area contributed by atoms with Gasteiger partial charge in [-0.2, -0.15) is 13.2 Å². The van der Waals surface area contributed by atoms with Gasteiger partial charge >= 0.3 is 6.18 Å². The minimum absolute atomic E-state index is 0.154. The summed E-state index contributed by atoms with van der Waals surface area (Å²) in [5.41, 5.74) is 14.0. The van der Waals surface area contributed by atoms with E-state index in [1.807, 2.05) is 49.1 Å². The lowest BCUT2D eigenvalue weighted by molar-refractivity contribution is -0.137. The van der Waals surface area contributed by atoms with Crippen molar-refractivity contribution in [3.63, 3.8) is 0 Å². The Labute approximate surface area is 279 Å². The van der Waals surface area contributed by atoms with Gasteiger partial charge in [0.15, 0.2) is 0 Å². The van der Waals surface area contributed by atoms with Gasteiger partial charge in [-0.3, -0.25) is 9.59 Å². The number of anilines is 2. The highest BCUT2D eigenvalue weighted by atomic mass is 19.4. The molecule has 2 amide bonds. The van der Waals surface area contributed by atoms with Crippen LogP contribution in [0.15, 0.2) is 54.7 Å². The molecule has 258 valence electrons. The van der Waals surface area contributed by atoms with E-state index in [2.05, 4.69) is 15.2 Å². The van der Waals surface area contributed by atoms with Gasteiger partial charge in [-0.1, -0.05) is 13.0 Å². The number of ether oxygens (including phenoxy) is 1. The highest BCUT2D eigenvalue weighted by molar-refractivity contribution is 6.02. The van der Waals surface area contributed by atoms with Crippen molar-refractivity contribution in [2.45, 2.75) is 38.9 Å². The summed E-state index contributed by atoms with van der Waals surface area (Å²) in [6, 6.07) is 12.6. The van der Waals surface area contributed by atoms with E-state index in [1.54, 1.807) is 11.1 Å². The van der Waals surface area contributed by atoms with E-state index in [0.29, 0.717) is 76.0 Å². The minimum atomic E-state index is -4.53. The van der Waals surface area contributed by atoms with E-state index in [9.17, 15) is 22.8 Å². The summed E-state index contributed by atoms with van der Waals surface area (Å²) >= 11 is 0. The highest BCUT2D eigenvalue weighted by Gasteiger charge is 2.36. The Balaban J connectivity index is 1.44. The number of rotatable bonds is 11. The van der Waals surface area contributed by atoms with Crippen LogP contribution >= 0.6 is 0 Å². The van der Waals surface area contributed by atoms with Gasteiger partial charge in [-0.05, 0) is 80.3 Å². The van der Waals surface area contributed by atoms with Gasteiger partial charge in [0.1, 0.15) is 0 Å². The number of halogens is 3. The number of carbonyl (C=O) groups excluding carboxylic acids is 2. The molecule has 0 unspecified atom stereocenters. The number of carbonyl (C=O) groups is 2. The Bertz CT molecular complexity index is 1600. The molecule has 0 radical (unpaired) electrons. The van der Waals surface area contributed by atoms with Gasteiger partial charge in [-0.15, -0.1) is 0 Å². The fourth-order valence-corrected chi connectivity index (χ4v) is 6.55. The fraction of sp³-hybridized carbons (Fsp3) is 0.457. The summed E-state index contributed by atoms with van der Waals surface area (Å²) < 4.78 is 47.0. The maximum Gasteiger partial charge on any atom is 0.416 e. The van der Waals surface area contributed by atoms with Crippen molar-refractivity contribution in [2.75, 3.05) is 68.8 Å². The van der Waals surface area contributed by atoms with Crippen LogP contribution in [-0.2, 0) is 6.18 Å². The molecule has 48 heavy (non-hydrogen) atoms. The first-order chi connectivity index (χ1) is 23.1. The van der Waals surface area contributed by atoms with Gasteiger partial charge in [0.2, 0.25) is 5.88 Å². The van der Waals surface area contributed by atoms with E-state index < -0.39 is 11.7 Å².